The average molecular weight is 513 g/mol. The number of piperidine rings is 1. The molecule has 0 radical (unpaired) electrons. The van der Waals surface area contributed by atoms with Crippen molar-refractivity contribution in [3.05, 3.63) is 11.6 Å². The fourth-order valence-corrected chi connectivity index (χ4v) is 9.34. The van der Waals surface area contributed by atoms with Crippen LogP contribution in [-0.2, 0) is 14.4 Å². The number of carbonyl (C=O) groups is 2. The lowest BCUT2D eigenvalue weighted by molar-refractivity contribution is -0.116. The summed E-state index contributed by atoms with van der Waals surface area (Å²) in [6.07, 6.45) is 17.1. The van der Waals surface area contributed by atoms with Crippen molar-refractivity contribution < 1.29 is 19.2 Å². The highest BCUT2D eigenvalue weighted by atomic mass is 16.8. The number of allylic oxidation sites excluding steroid dienone is 2. The van der Waals surface area contributed by atoms with E-state index in [1.807, 2.05) is 13.0 Å². The van der Waals surface area contributed by atoms with E-state index in [9.17, 15) is 9.59 Å². The standard InChI is InChI=1S/C31H48N2O4/c1-21(33-37-29(35)36-19-15-23-9-4-5-18-32-23)26-12-13-28-25-10-6-8-22-20-24(34)14-17-30(22,2)27(25)11-7-16-31(26,28)3/h20,23,25-28,32H,4-19H2,1-3H3/b33-21+/t23?,25-,26-,27+,28+,30+,31-/m1/s1. The van der Waals surface area contributed by atoms with Gasteiger partial charge >= 0.3 is 6.16 Å². The van der Waals surface area contributed by atoms with Gasteiger partial charge in [-0.1, -0.05) is 37.4 Å². The summed E-state index contributed by atoms with van der Waals surface area (Å²) in [4.78, 5) is 29.7. The molecule has 206 valence electrons. The number of carbonyl (C=O) groups excluding carboxylic acids is 2. The van der Waals surface area contributed by atoms with Gasteiger partial charge < -0.3 is 10.1 Å². The zero-order chi connectivity index (χ0) is 26.0. The number of ether oxygens (including phenoxy) is 1. The second-order valence-electron chi connectivity index (χ2n) is 13.2. The molecule has 1 saturated heterocycles. The number of fused-ring (bicyclic) bond motifs is 5. The summed E-state index contributed by atoms with van der Waals surface area (Å²) < 4.78 is 5.33. The van der Waals surface area contributed by atoms with Crippen LogP contribution in [0.15, 0.2) is 16.8 Å². The molecule has 4 fully saturated rings. The fraction of sp³-hybridized carbons (Fsp3) is 0.839. The summed E-state index contributed by atoms with van der Waals surface area (Å²) in [7, 11) is 0. The largest absolute Gasteiger partial charge is 0.535 e. The molecule has 1 unspecified atom stereocenters. The van der Waals surface area contributed by atoms with E-state index in [-0.39, 0.29) is 10.8 Å². The van der Waals surface area contributed by atoms with E-state index in [2.05, 4.69) is 24.3 Å². The molecule has 1 aliphatic heterocycles. The molecular weight excluding hydrogens is 464 g/mol. The molecule has 6 heteroatoms. The van der Waals surface area contributed by atoms with Crippen LogP contribution >= 0.6 is 0 Å². The van der Waals surface area contributed by atoms with Gasteiger partial charge in [-0.3, -0.25) is 9.63 Å². The zero-order valence-corrected chi connectivity index (χ0v) is 23.4. The monoisotopic (exact) mass is 512 g/mol. The molecule has 0 bridgehead atoms. The lowest BCUT2D eigenvalue weighted by Gasteiger charge is -2.46. The molecule has 0 aromatic carbocycles. The Bertz CT molecular complexity index is 922. The molecule has 5 rings (SSSR count). The number of hydrogen-bond acceptors (Lipinski definition) is 6. The minimum absolute atomic E-state index is 0.182. The molecule has 6 nitrogen and oxygen atoms in total. The summed E-state index contributed by atoms with van der Waals surface area (Å²) in [5.41, 5.74) is 2.75. The second-order valence-corrected chi connectivity index (χ2v) is 13.2. The molecule has 0 spiro atoms. The van der Waals surface area contributed by atoms with Crippen LogP contribution in [0.3, 0.4) is 0 Å². The summed E-state index contributed by atoms with van der Waals surface area (Å²) in [5, 5.41) is 7.81. The predicted octanol–water partition coefficient (Wildman–Crippen LogP) is 6.98. The Morgan fingerprint density at radius 1 is 1.03 bits per heavy atom. The van der Waals surface area contributed by atoms with Gasteiger partial charge in [0.2, 0.25) is 0 Å². The maximum absolute atomic E-state index is 12.3. The van der Waals surface area contributed by atoms with Crippen molar-refractivity contribution in [2.24, 2.45) is 39.7 Å². The highest BCUT2D eigenvalue weighted by Crippen LogP contribution is 2.64. The van der Waals surface area contributed by atoms with Crippen molar-refractivity contribution in [1.29, 1.82) is 0 Å². The summed E-state index contributed by atoms with van der Waals surface area (Å²) in [5.74, 6) is 2.71. The molecule has 1 heterocycles. The Morgan fingerprint density at radius 3 is 2.70 bits per heavy atom. The number of oxime groups is 1. The van der Waals surface area contributed by atoms with Crippen LogP contribution in [0, 0.1) is 34.5 Å². The number of ketones is 1. The summed E-state index contributed by atoms with van der Waals surface area (Å²) >= 11 is 0. The molecule has 5 aliphatic rings. The molecule has 37 heavy (non-hydrogen) atoms. The third-order valence-corrected chi connectivity index (χ3v) is 11.3. The Morgan fingerprint density at radius 2 is 1.89 bits per heavy atom. The van der Waals surface area contributed by atoms with Gasteiger partial charge in [-0.25, -0.2) is 4.79 Å². The summed E-state index contributed by atoms with van der Waals surface area (Å²) in [6, 6.07) is 0.438. The van der Waals surface area contributed by atoms with Gasteiger partial charge in [0.05, 0.1) is 12.3 Å². The van der Waals surface area contributed by atoms with Gasteiger partial charge in [-0.2, -0.15) is 0 Å². The minimum Gasteiger partial charge on any atom is -0.433 e. The van der Waals surface area contributed by atoms with Crippen LogP contribution in [-0.4, -0.2) is 36.8 Å². The molecule has 0 amide bonds. The van der Waals surface area contributed by atoms with Crippen molar-refractivity contribution >= 4 is 17.7 Å². The van der Waals surface area contributed by atoms with Crippen LogP contribution in [0.4, 0.5) is 4.79 Å². The van der Waals surface area contributed by atoms with Gasteiger partial charge in [-0.15, -0.1) is 0 Å². The summed E-state index contributed by atoms with van der Waals surface area (Å²) in [6.45, 7) is 8.43. The number of rotatable bonds is 5. The van der Waals surface area contributed by atoms with Crippen LogP contribution < -0.4 is 5.32 Å². The SMILES string of the molecule is C/C(=N\OC(=O)OCCC1CCCCN1)[C@H]1CC[C@H]2[C@@H]3CCCC4=CC(=O)CC[C@]4(C)[C@H]3CCC[C@]12C. The molecule has 0 aromatic rings. The van der Waals surface area contributed by atoms with Crippen molar-refractivity contribution in [3.8, 4) is 0 Å². The van der Waals surface area contributed by atoms with E-state index in [1.165, 1.54) is 56.9 Å². The number of nitrogens with zero attached hydrogens (tertiary/aromatic N) is 1. The Kier molecular flexibility index (Phi) is 8.14. The Hall–Kier alpha value is -1.69. The smallest absolute Gasteiger partial charge is 0.433 e. The van der Waals surface area contributed by atoms with Gasteiger partial charge in [0.1, 0.15) is 0 Å². The van der Waals surface area contributed by atoms with E-state index in [0.717, 1.165) is 44.4 Å². The third kappa shape index (κ3) is 5.42. The van der Waals surface area contributed by atoms with Crippen molar-refractivity contribution in [2.75, 3.05) is 13.2 Å². The minimum atomic E-state index is -0.682. The first-order valence-electron chi connectivity index (χ1n) is 15.2. The first kappa shape index (κ1) is 26.9. The second kappa shape index (κ2) is 11.2. The maximum Gasteiger partial charge on any atom is 0.535 e. The van der Waals surface area contributed by atoms with E-state index < -0.39 is 6.16 Å². The third-order valence-electron chi connectivity index (χ3n) is 11.3. The van der Waals surface area contributed by atoms with E-state index in [1.54, 1.807) is 0 Å². The number of nitrogens with one attached hydrogen (secondary N) is 1. The average Bonchev–Trinajstić information content (AvgIpc) is 3.06. The fourth-order valence-electron chi connectivity index (χ4n) is 9.34. The lowest BCUT2D eigenvalue weighted by atomic mass is 9.58. The van der Waals surface area contributed by atoms with Gasteiger partial charge in [0.25, 0.3) is 0 Å². The molecule has 1 N–H and O–H groups in total. The van der Waals surface area contributed by atoms with Crippen molar-refractivity contribution in [3.63, 3.8) is 0 Å². The molecule has 4 aliphatic carbocycles. The first-order chi connectivity index (χ1) is 17.8. The highest BCUT2D eigenvalue weighted by Gasteiger charge is 2.56. The topological polar surface area (TPSA) is 77.0 Å². The predicted molar refractivity (Wildman–Crippen MR) is 145 cm³/mol. The van der Waals surface area contributed by atoms with Gasteiger partial charge in [0.15, 0.2) is 5.78 Å². The van der Waals surface area contributed by atoms with Gasteiger partial charge in [-0.05, 0) is 119 Å². The molecule has 7 atom stereocenters. The van der Waals surface area contributed by atoms with E-state index in [0.29, 0.717) is 48.5 Å². The van der Waals surface area contributed by atoms with E-state index >= 15 is 0 Å². The van der Waals surface area contributed by atoms with Gasteiger partial charge in [0, 0.05) is 18.4 Å². The maximum atomic E-state index is 12.3. The highest BCUT2D eigenvalue weighted by molar-refractivity contribution is 5.91. The van der Waals surface area contributed by atoms with Crippen LogP contribution in [0.25, 0.3) is 0 Å². The molecule has 0 aromatic heterocycles. The van der Waals surface area contributed by atoms with Crippen LogP contribution in [0.5, 0.6) is 0 Å². The lowest BCUT2D eigenvalue weighted by Crippen LogP contribution is -2.41. The zero-order valence-electron chi connectivity index (χ0n) is 23.4. The quantitative estimate of drug-likeness (QED) is 0.186. The van der Waals surface area contributed by atoms with Crippen LogP contribution in [0.2, 0.25) is 0 Å². The van der Waals surface area contributed by atoms with E-state index in [4.69, 9.17) is 9.57 Å². The van der Waals surface area contributed by atoms with Crippen molar-refractivity contribution in [1.82, 2.24) is 5.32 Å². The normalized spacial score (nSPS) is 40.4. The number of hydrogen-bond donors (Lipinski definition) is 1. The van der Waals surface area contributed by atoms with Crippen molar-refractivity contribution in [2.45, 2.75) is 117 Å². The Balaban J connectivity index is 1.23. The molecular formula is C31H48N2O4. The first-order valence-corrected chi connectivity index (χ1v) is 15.2. The Labute approximate surface area is 223 Å². The van der Waals surface area contributed by atoms with Crippen LogP contribution in [0.1, 0.15) is 111 Å². The molecule has 3 saturated carbocycles.